The predicted molar refractivity (Wildman–Crippen MR) is 86.7 cm³/mol. The molecule has 1 atom stereocenters. The second-order valence-electron chi connectivity index (χ2n) is 4.98. The number of nitrogens with one attached hydrogen (secondary N) is 2. The lowest BCUT2D eigenvalue weighted by molar-refractivity contribution is 0.237. The fourth-order valence-electron chi connectivity index (χ4n) is 1.85. The third-order valence-corrected chi connectivity index (χ3v) is 4.09. The molecule has 0 aliphatic heterocycles. The van der Waals surface area contributed by atoms with Gasteiger partial charge in [-0.15, -0.1) is 11.3 Å². The van der Waals surface area contributed by atoms with E-state index in [4.69, 9.17) is 0 Å². The highest BCUT2D eigenvalue weighted by molar-refractivity contribution is 7.10. The van der Waals surface area contributed by atoms with Crippen LogP contribution in [0.25, 0.3) is 0 Å². The number of anilines is 1. The molecule has 2 N–H and O–H groups in total. The van der Waals surface area contributed by atoms with Crippen LogP contribution in [0.5, 0.6) is 0 Å². The molecular weight excluding hydrogens is 284 g/mol. The Labute approximate surface area is 129 Å². The number of carbonyl (C=O) groups is 1. The van der Waals surface area contributed by atoms with Crippen molar-refractivity contribution < 1.29 is 4.79 Å². The topological polar surface area (TPSA) is 57.3 Å². The molecule has 0 aliphatic carbocycles. The summed E-state index contributed by atoms with van der Waals surface area (Å²) in [5.74, 6) is 0.877. The number of rotatable bonds is 5. The van der Waals surface area contributed by atoms with Crippen molar-refractivity contribution in [1.82, 2.24) is 15.6 Å². The van der Waals surface area contributed by atoms with Crippen LogP contribution in [-0.2, 0) is 6.54 Å². The van der Waals surface area contributed by atoms with Crippen LogP contribution >= 0.6 is 11.3 Å². The van der Waals surface area contributed by atoms with Gasteiger partial charge in [-0.05, 0) is 36.1 Å². The van der Waals surface area contributed by atoms with E-state index in [9.17, 15) is 4.79 Å². The third-order valence-electron chi connectivity index (χ3n) is 3.04. The molecule has 2 amide bonds. The summed E-state index contributed by atoms with van der Waals surface area (Å²) in [5, 5.41) is 7.80. The fraction of sp³-hybridized carbons (Fsp3) is 0.333. The number of nitrogens with zero attached hydrogens (tertiary/aromatic N) is 2. The molecule has 2 heterocycles. The molecular formula is C15H20N4OS. The van der Waals surface area contributed by atoms with Crippen molar-refractivity contribution in [3.8, 4) is 0 Å². The summed E-state index contributed by atoms with van der Waals surface area (Å²) in [6.07, 6.45) is 1.75. The maximum Gasteiger partial charge on any atom is 0.315 e. The zero-order valence-electron chi connectivity index (χ0n) is 12.5. The first kappa shape index (κ1) is 15.3. The lowest BCUT2D eigenvalue weighted by atomic mass is 10.2. The summed E-state index contributed by atoms with van der Waals surface area (Å²) in [7, 11) is 3.88. The Kier molecular flexibility index (Phi) is 5.16. The Morgan fingerprint density at radius 1 is 1.43 bits per heavy atom. The minimum absolute atomic E-state index is 0.0137. The van der Waals surface area contributed by atoms with Gasteiger partial charge in [0, 0.05) is 31.7 Å². The molecule has 0 bridgehead atoms. The zero-order chi connectivity index (χ0) is 15.2. The number of amides is 2. The van der Waals surface area contributed by atoms with Crippen LogP contribution in [-0.4, -0.2) is 25.1 Å². The molecule has 6 heteroatoms. The Hall–Kier alpha value is -2.08. The average Bonchev–Trinajstić information content (AvgIpc) is 2.99. The number of thiophene rings is 1. The van der Waals surface area contributed by atoms with Crippen LogP contribution < -0.4 is 15.5 Å². The minimum Gasteiger partial charge on any atom is -0.363 e. The van der Waals surface area contributed by atoms with Crippen molar-refractivity contribution in [2.45, 2.75) is 19.5 Å². The molecule has 0 saturated heterocycles. The first-order valence-electron chi connectivity index (χ1n) is 6.76. The largest absolute Gasteiger partial charge is 0.363 e. The van der Waals surface area contributed by atoms with Gasteiger partial charge in [0.2, 0.25) is 0 Å². The standard InChI is InChI=1S/C15H20N4OS/c1-11(13-5-4-8-21-13)18-15(20)17-10-12-6-7-16-14(9-12)19(2)3/h4-9,11H,10H2,1-3H3,(H2,17,18,20)/t11-/m1/s1. The molecule has 0 saturated carbocycles. The first-order chi connectivity index (χ1) is 10.1. The van der Waals surface area contributed by atoms with Crippen LogP contribution in [0.3, 0.4) is 0 Å². The maximum absolute atomic E-state index is 11.9. The van der Waals surface area contributed by atoms with Crippen LogP contribution in [0, 0.1) is 0 Å². The number of hydrogen-bond acceptors (Lipinski definition) is 4. The van der Waals surface area contributed by atoms with Crippen molar-refractivity contribution in [3.05, 3.63) is 46.3 Å². The normalized spacial score (nSPS) is 11.8. The van der Waals surface area contributed by atoms with E-state index < -0.39 is 0 Å². The molecule has 21 heavy (non-hydrogen) atoms. The maximum atomic E-state index is 11.9. The van der Waals surface area contributed by atoms with Gasteiger partial charge in [-0.3, -0.25) is 0 Å². The number of aromatic nitrogens is 1. The molecule has 0 radical (unpaired) electrons. The van der Waals surface area contributed by atoms with E-state index in [1.54, 1.807) is 17.5 Å². The van der Waals surface area contributed by atoms with Crippen LogP contribution in [0.2, 0.25) is 0 Å². The summed E-state index contributed by atoms with van der Waals surface area (Å²) in [5.41, 5.74) is 1.02. The molecule has 0 aliphatic rings. The number of pyridine rings is 1. The Balaban J connectivity index is 1.85. The van der Waals surface area contributed by atoms with E-state index in [1.165, 1.54) is 0 Å². The van der Waals surface area contributed by atoms with Crippen molar-refractivity contribution in [2.75, 3.05) is 19.0 Å². The van der Waals surface area contributed by atoms with Gasteiger partial charge in [0.25, 0.3) is 0 Å². The van der Waals surface area contributed by atoms with Gasteiger partial charge in [0.05, 0.1) is 6.04 Å². The molecule has 0 unspecified atom stereocenters. The molecule has 5 nitrogen and oxygen atoms in total. The highest BCUT2D eigenvalue weighted by atomic mass is 32.1. The highest BCUT2D eigenvalue weighted by Crippen LogP contribution is 2.17. The monoisotopic (exact) mass is 304 g/mol. The van der Waals surface area contributed by atoms with E-state index in [0.29, 0.717) is 6.54 Å². The Bertz CT molecular complexity index is 583. The van der Waals surface area contributed by atoms with Gasteiger partial charge in [-0.2, -0.15) is 0 Å². The quantitative estimate of drug-likeness (QED) is 0.893. The Morgan fingerprint density at radius 3 is 2.90 bits per heavy atom. The smallest absolute Gasteiger partial charge is 0.315 e. The van der Waals surface area contributed by atoms with Crippen molar-refractivity contribution in [3.63, 3.8) is 0 Å². The van der Waals surface area contributed by atoms with Gasteiger partial charge in [-0.1, -0.05) is 6.07 Å². The lowest BCUT2D eigenvalue weighted by Crippen LogP contribution is -2.36. The number of urea groups is 1. The summed E-state index contributed by atoms with van der Waals surface area (Å²) >= 11 is 1.64. The second-order valence-corrected chi connectivity index (χ2v) is 5.96. The minimum atomic E-state index is -0.167. The molecule has 2 rings (SSSR count). The molecule has 2 aromatic heterocycles. The second kappa shape index (κ2) is 7.08. The van der Waals surface area contributed by atoms with Crippen molar-refractivity contribution >= 4 is 23.2 Å². The molecule has 0 spiro atoms. The van der Waals surface area contributed by atoms with E-state index in [-0.39, 0.29) is 12.1 Å². The van der Waals surface area contributed by atoms with Crippen LogP contribution in [0.1, 0.15) is 23.4 Å². The summed E-state index contributed by atoms with van der Waals surface area (Å²) in [6, 6.07) is 7.70. The first-order valence-corrected chi connectivity index (χ1v) is 7.64. The van der Waals surface area contributed by atoms with E-state index in [1.807, 2.05) is 55.6 Å². The summed E-state index contributed by atoms with van der Waals surface area (Å²) in [4.78, 5) is 19.2. The molecule has 0 fully saturated rings. The van der Waals surface area contributed by atoms with Gasteiger partial charge in [0.15, 0.2) is 0 Å². The van der Waals surface area contributed by atoms with E-state index in [0.717, 1.165) is 16.3 Å². The van der Waals surface area contributed by atoms with Gasteiger partial charge >= 0.3 is 6.03 Å². The fourth-order valence-corrected chi connectivity index (χ4v) is 2.59. The predicted octanol–water partition coefficient (Wildman–Crippen LogP) is 2.77. The van der Waals surface area contributed by atoms with Gasteiger partial charge < -0.3 is 15.5 Å². The number of carbonyl (C=O) groups excluding carboxylic acids is 1. The number of hydrogen-bond donors (Lipinski definition) is 2. The van der Waals surface area contributed by atoms with Crippen molar-refractivity contribution in [1.29, 1.82) is 0 Å². The van der Waals surface area contributed by atoms with E-state index in [2.05, 4.69) is 15.6 Å². The third kappa shape index (κ3) is 4.46. The van der Waals surface area contributed by atoms with Crippen LogP contribution in [0.15, 0.2) is 35.8 Å². The highest BCUT2D eigenvalue weighted by Gasteiger charge is 2.09. The van der Waals surface area contributed by atoms with Crippen LogP contribution in [0.4, 0.5) is 10.6 Å². The molecule has 2 aromatic rings. The zero-order valence-corrected chi connectivity index (χ0v) is 13.3. The molecule has 112 valence electrons. The lowest BCUT2D eigenvalue weighted by Gasteiger charge is -2.14. The molecule has 0 aromatic carbocycles. The van der Waals surface area contributed by atoms with Crippen molar-refractivity contribution in [2.24, 2.45) is 0 Å². The SMILES string of the molecule is C[C@@H](NC(=O)NCc1ccnc(N(C)C)c1)c1cccs1. The Morgan fingerprint density at radius 2 is 2.24 bits per heavy atom. The average molecular weight is 304 g/mol. The van der Waals surface area contributed by atoms with Gasteiger partial charge in [-0.25, -0.2) is 9.78 Å². The van der Waals surface area contributed by atoms with E-state index >= 15 is 0 Å². The van der Waals surface area contributed by atoms with Gasteiger partial charge in [0.1, 0.15) is 5.82 Å². The summed E-state index contributed by atoms with van der Waals surface area (Å²) < 4.78 is 0. The summed E-state index contributed by atoms with van der Waals surface area (Å²) in [6.45, 7) is 2.45.